The van der Waals surface area contributed by atoms with Gasteiger partial charge in [-0.2, -0.15) is 4.98 Å². The van der Waals surface area contributed by atoms with E-state index in [0.717, 1.165) is 5.56 Å². The third kappa shape index (κ3) is 4.23. The van der Waals surface area contributed by atoms with Crippen LogP contribution in [0.1, 0.15) is 24.4 Å². The van der Waals surface area contributed by atoms with E-state index in [1.807, 2.05) is 6.92 Å². The fraction of sp³-hybridized carbons (Fsp3) is 0.333. The number of hydrogen-bond donors (Lipinski definition) is 1. The molecule has 0 bridgehead atoms. The van der Waals surface area contributed by atoms with Crippen LogP contribution in [0.2, 0.25) is 0 Å². The third-order valence-corrected chi connectivity index (χ3v) is 2.59. The zero-order valence-corrected chi connectivity index (χ0v) is 10.5. The maximum Gasteiger partial charge on any atom is 0.573 e. The summed E-state index contributed by atoms with van der Waals surface area (Å²) in [6.07, 6.45) is -3.45. The van der Waals surface area contributed by atoms with Crippen molar-refractivity contribution in [2.24, 2.45) is 0 Å². The average Bonchev–Trinajstić information content (AvgIpc) is 2.88. The lowest BCUT2D eigenvalue weighted by Gasteiger charge is -2.14. The molecule has 2 rings (SSSR count). The monoisotopic (exact) mass is 287 g/mol. The first-order valence-electron chi connectivity index (χ1n) is 5.78. The van der Waals surface area contributed by atoms with E-state index >= 15 is 0 Å². The normalized spacial score (nSPS) is 13.2. The summed E-state index contributed by atoms with van der Waals surface area (Å²) in [5.41, 5.74) is 0.822. The first-order valence-corrected chi connectivity index (χ1v) is 5.78. The van der Waals surface area contributed by atoms with Crippen LogP contribution in [0.4, 0.5) is 13.2 Å². The summed E-state index contributed by atoms with van der Waals surface area (Å²) in [4.78, 5) is 3.85. The Bertz CT molecular complexity index is 526. The average molecular weight is 287 g/mol. The zero-order chi connectivity index (χ0) is 14.6. The van der Waals surface area contributed by atoms with Gasteiger partial charge in [-0.1, -0.05) is 17.3 Å². The van der Waals surface area contributed by atoms with Crippen LogP contribution < -0.4 is 10.1 Å². The second kappa shape index (κ2) is 5.91. The van der Waals surface area contributed by atoms with E-state index in [2.05, 4.69) is 24.7 Å². The molecule has 1 unspecified atom stereocenters. The summed E-state index contributed by atoms with van der Waals surface area (Å²) < 4.78 is 44.5. The molecular formula is C12H12F3N3O2. The molecule has 2 aromatic rings. The SMILES string of the molecule is CC(NCc1ncon1)c1ccc(OC(F)(F)F)cc1. The highest BCUT2D eigenvalue weighted by Gasteiger charge is 2.30. The molecular weight excluding hydrogens is 275 g/mol. The van der Waals surface area contributed by atoms with Gasteiger partial charge < -0.3 is 14.6 Å². The molecule has 0 aliphatic rings. The summed E-state index contributed by atoms with van der Waals surface area (Å²) in [6, 6.07) is 5.60. The minimum absolute atomic E-state index is 0.0755. The highest BCUT2D eigenvalue weighted by Crippen LogP contribution is 2.24. The lowest BCUT2D eigenvalue weighted by atomic mass is 10.1. The number of hydrogen-bond acceptors (Lipinski definition) is 5. The van der Waals surface area contributed by atoms with Crippen LogP contribution in [-0.2, 0) is 6.54 Å². The number of rotatable bonds is 5. The van der Waals surface area contributed by atoms with Crippen LogP contribution in [0, 0.1) is 0 Å². The maximum absolute atomic E-state index is 12.0. The van der Waals surface area contributed by atoms with Crippen molar-refractivity contribution in [2.75, 3.05) is 0 Å². The second-order valence-corrected chi connectivity index (χ2v) is 4.07. The van der Waals surface area contributed by atoms with Crippen molar-refractivity contribution >= 4 is 0 Å². The number of nitrogens with one attached hydrogen (secondary N) is 1. The van der Waals surface area contributed by atoms with Gasteiger partial charge in [-0.05, 0) is 24.6 Å². The number of nitrogens with zero attached hydrogens (tertiary/aromatic N) is 2. The highest BCUT2D eigenvalue weighted by atomic mass is 19.4. The number of alkyl halides is 3. The smallest absolute Gasteiger partial charge is 0.406 e. The maximum atomic E-state index is 12.0. The van der Waals surface area contributed by atoms with E-state index in [9.17, 15) is 13.2 Å². The van der Waals surface area contributed by atoms with Gasteiger partial charge in [0.1, 0.15) is 5.75 Å². The van der Waals surface area contributed by atoms with Gasteiger partial charge in [0.15, 0.2) is 5.82 Å². The molecule has 8 heteroatoms. The van der Waals surface area contributed by atoms with Crippen LogP contribution in [0.25, 0.3) is 0 Å². The Morgan fingerprint density at radius 1 is 1.30 bits per heavy atom. The first-order chi connectivity index (χ1) is 9.44. The quantitative estimate of drug-likeness (QED) is 0.916. The molecule has 0 saturated heterocycles. The molecule has 108 valence electrons. The molecule has 0 radical (unpaired) electrons. The summed E-state index contributed by atoms with van der Waals surface area (Å²) in [5.74, 6) is 0.264. The molecule has 0 spiro atoms. The van der Waals surface area contributed by atoms with E-state index in [4.69, 9.17) is 0 Å². The van der Waals surface area contributed by atoms with Gasteiger partial charge in [0.05, 0.1) is 6.54 Å². The summed E-state index contributed by atoms with van der Waals surface area (Å²) >= 11 is 0. The highest BCUT2D eigenvalue weighted by molar-refractivity contribution is 5.29. The topological polar surface area (TPSA) is 60.2 Å². The van der Waals surface area contributed by atoms with Crippen LogP contribution in [0.3, 0.4) is 0 Å². The largest absolute Gasteiger partial charge is 0.573 e. The molecule has 0 fully saturated rings. The molecule has 0 saturated carbocycles. The van der Waals surface area contributed by atoms with Crippen molar-refractivity contribution in [1.82, 2.24) is 15.5 Å². The van der Waals surface area contributed by atoms with E-state index < -0.39 is 6.36 Å². The van der Waals surface area contributed by atoms with Gasteiger partial charge in [-0.15, -0.1) is 13.2 Å². The van der Waals surface area contributed by atoms with Crippen molar-refractivity contribution in [3.8, 4) is 5.75 Å². The van der Waals surface area contributed by atoms with Crippen LogP contribution >= 0.6 is 0 Å². The minimum atomic E-state index is -4.68. The molecule has 1 N–H and O–H groups in total. The molecule has 1 heterocycles. The van der Waals surface area contributed by atoms with Gasteiger partial charge in [0.2, 0.25) is 6.39 Å². The Labute approximate surface area is 112 Å². The van der Waals surface area contributed by atoms with Crippen molar-refractivity contribution in [3.05, 3.63) is 42.0 Å². The fourth-order valence-corrected chi connectivity index (χ4v) is 1.59. The van der Waals surface area contributed by atoms with Gasteiger partial charge in [0.25, 0.3) is 0 Å². The fourth-order valence-electron chi connectivity index (χ4n) is 1.59. The number of halogens is 3. The Morgan fingerprint density at radius 3 is 2.55 bits per heavy atom. The van der Waals surface area contributed by atoms with Crippen LogP contribution in [0.5, 0.6) is 5.75 Å². The zero-order valence-electron chi connectivity index (χ0n) is 10.5. The van der Waals surface area contributed by atoms with Gasteiger partial charge in [0, 0.05) is 6.04 Å². The third-order valence-electron chi connectivity index (χ3n) is 2.59. The van der Waals surface area contributed by atoms with Gasteiger partial charge in [-0.25, -0.2) is 0 Å². The predicted octanol–water partition coefficient (Wildman–Crippen LogP) is 2.82. The van der Waals surface area contributed by atoms with Crippen molar-refractivity contribution in [3.63, 3.8) is 0 Å². The molecule has 1 aromatic carbocycles. The van der Waals surface area contributed by atoms with Gasteiger partial charge >= 0.3 is 6.36 Å². The van der Waals surface area contributed by atoms with Crippen LogP contribution in [0.15, 0.2) is 35.2 Å². The van der Waals surface area contributed by atoms with E-state index in [1.54, 1.807) is 12.1 Å². The molecule has 20 heavy (non-hydrogen) atoms. The van der Waals surface area contributed by atoms with E-state index in [0.29, 0.717) is 12.4 Å². The number of aromatic nitrogens is 2. The molecule has 1 aromatic heterocycles. The Morgan fingerprint density at radius 2 is 2.00 bits per heavy atom. The second-order valence-electron chi connectivity index (χ2n) is 4.07. The summed E-state index contributed by atoms with van der Waals surface area (Å²) in [5, 5.41) is 6.76. The number of benzene rings is 1. The molecule has 5 nitrogen and oxygen atoms in total. The Hall–Kier alpha value is -2.09. The summed E-state index contributed by atoms with van der Waals surface area (Å²) in [6.45, 7) is 2.28. The van der Waals surface area contributed by atoms with Crippen LogP contribution in [-0.4, -0.2) is 16.5 Å². The molecule has 0 aliphatic carbocycles. The van der Waals surface area contributed by atoms with E-state index in [-0.39, 0.29) is 11.8 Å². The number of ether oxygens (including phenoxy) is 1. The predicted molar refractivity (Wildman–Crippen MR) is 62.7 cm³/mol. The standard InChI is InChI=1S/C12H12F3N3O2/c1-8(16-6-11-17-7-19-18-11)9-2-4-10(5-3-9)20-12(13,14)15/h2-5,7-8,16H,6H2,1H3. The van der Waals surface area contributed by atoms with E-state index in [1.165, 1.54) is 18.5 Å². The van der Waals surface area contributed by atoms with Crippen molar-refractivity contribution < 1.29 is 22.4 Å². The molecule has 1 atom stereocenters. The first kappa shape index (κ1) is 14.3. The Balaban J connectivity index is 1.91. The molecule has 0 aliphatic heterocycles. The van der Waals surface area contributed by atoms with Gasteiger partial charge in [-0.3, -0.25) is 0 Å². The van der Waals surface area contributed by atoms with Crippen molar-refractivity contribution in [2.45, 2.75) is 25.9 Å². The lowest BCUT2D eigenvalue weighted by molar-refractivity contribution is -0.274. The van der Waals surface area contributed by atoms with Crippen molar-refractivity contribution in [1.29, 1.82) is 0 Å². The molecule has 0 amide bonds. The Kier molecular flexibility index (Phi) is 4.23. The summed E-state index contributed by atoms with van der Waals surface area (Å²) in [7, 11) is 0. The minimum Gasteiger partial charge on any atom is -0.406 e. The lowest BCUT2D eigenvalue weighted by Crippen LogP contribution is -2.19.